The molecule has 0 aliphatic rings. The molecule has 1 heterocycles. The lowest BCUT2D eigenvalue weighted by Crippen LogP contribution is -2.33. The molecule has 0 saturated heterocycles. The number of carbonyl (C=O) groups excluding carboxylic acids is 1. The summed E-state index contributed by atoms with van der Waals surface area (Å²) in [6.07, 6.45) is 18.3. The minimum absolute atomic E-state index is 0.0283. The number of benzene rings is 1. The van der Waals surface area contributed by atoms with E-state index in [-0.39, 0.29) is 11.3 Å². The first-order valence-corrected chi connectivity index (χ1v) is 14.4. The molecule has 0 unspecified atom stereocenters. The number of carbonyl (C=O) groups is 1. The van der Waals surface area contributed by atoms with Gasteiger partial charge in [0.05, 0.1) is 12.2 Å². The van der Waals surface area contributed by atoms with Crippen LogP contribution in [0.1, 0.15) is 127 Å². The molecule has 0 fully saturated rings. The minimum atomic E-state index is -0.0442. The number of unbranched alkanes of at least 4 members (excludes halogenated alkanes) is 9. The lowest BCUT2D eigenvalue weighted by molar-refractivity contribution is -0.697. The Morgan fingerprint density at radius 2 is 1.44 bits per heavy atom. The molecule has 36 heavy (non-hydrogen) atoms. The van der Waals surface area contributed by atoms with E-state index in [1.165, 1.54) is 63.4 Å². The third-order valence-corrected chi connectivity index (χ3v) is 6.70. The van der Waals surface area contributed by atoms with Crippen molar-refractivity contribution in [1.82, 2.24) is 5.32 Å². The maximum Gasteiger partial charge on any atom is 0.252 e. The van der Waals surface area contributed by atoms with Crippen molar-refractivity contribution in [3.63, 3.8) is 0 Å². The Morgan fingerprint density at radius 3 is 2.03 bits per heavy atom. The summed E-state index contributed by atoms with van der Waals surface area (Å²) in [5, 5.41) is 3.07. The summed E-state index contributed by atoms with van der Waals surface area (Å²) < 4.78 is 8.32. The number of nitrogens with one attached hydrogen (secondary N) is 1. The van der Waals surface area contributed by atoms with Crippen LogP contribution >= 0.6 is 0 Å². The molecule has 1 aromatic heterocycles. The number of nitrogens with zero attached hydrogens (tertiary/aromatic N) is 1. The summed E-state index contributed by atoms with van der Waals surface area (Å²) in [7, 11) is 0. The van der Waals surface area contributed by atoms with Crippen molar-refractivity contribution < 1.29 is 14.1 Å². The number of aryl methyl sites for hydroxylation is 1. The summed E-state index contributed by atoms with van der Waals surface area (Å²) in [6, 6.07) is 10.1. The van der Waals surface area contributed by atoms with Gasteiger partial charge in [-0.1, -0.05) is 98.5 Å². The van der Waals surface area contributed by atoms with E-state index in [1.807, 2.05) is 24.5 Å². The SMILES string of the molecule is CCCCCCCCCCCCOc1ccc(CNC(=O)c2cc[n+](CCC)cc2)cc1C(C)(C)C. The maximum absolute atomic E-state index is 12.6. The Kier molecular flexibility index (Phi) is 13.6. The normalized spacial score (nSPS) is 11.5. The van der Waals surface area contributed by atoms with Crippen LogP contribution in [0.4, 0.5) is 0 Å². The molecule has 0 saturated carbocycles. The first-order chi connectivity index (χ1) is 17.3. The zero-order valence-electron chi connectivity index (χ0n) is 23.7. The van der Waals surface area contributed by atoms with Crippen LogP contribution in [0.5, 0.6) is 5.75 Å². The monoisotopic (exact) mass is 495 g/mol. The molecule has 1 N–H and O–H groups in total. The summed E-state index contributed by atoms with van der Waals surface area (Å²) in [6.45, 7) is 13.3. The van der Waals surface area contributed by atoms with Gasteiger partial charge in [0.25, 0.3) is 5.91 Å². The zero-order chi connectivity index (χ0) is 26.2. The molecular weight excluding hydrogens is 444 g/mol. The molecule has 1 aromatic carbocycles. The second kappa shape index (κ2) is 16.4. The van der Waals surface area contributed by atoms with E-state index >= 15 is 0 Å². The Morgan fingerprint density at radius 1 is 0.833 bits per heavy atom. The molecule has 4 nitrogen and oxygen atoms in total. The third kappa shape index (κ3) is 11.1. The molecule has 1 amide bonds. The van der Waals surface area contributed by atoms with Crippen molar-refractivity contribution in [1.29, 1.82) is 0 Å². The van der Waals surface area contributed by atoms with Crippen molar-refractivity contribution in [3.05, 3.63) is 59.4 Å². The van der Waals surface area contributed by atoms with E-state index in [0.29, 0.717) is 12.1 Å². The van der Waals surface area contributed by atoms with E-state index in [1.54, 1.807) is 0 Å². The molecule has 2 aromatic rings. The summed E-state index contributed by atoms with van der Waals surface area (Å²) in [5.41, 5.74) is 2.95. The van der Waals surface area contributed by atoms with Gasteiger partial charge in [0.2, 0.25) is 0 Å². The number of ether oxygens (including phenoxy) is 1. The fraction of sp³-hybridized carbons (Fsp3) is 0.625. The molecule has 0 spiro atoms. The average molecular weight is 496 g/mol. The largest absolute Gasteiger partial charge is 0.493 e. The summed E-state index contributed by atoms with van der Waals surface area (Å²) in [5.74, 6) is 0.925. The van der Waals surface area contributed by atoms with Gasteiger partial charge in [0, 0.05) is 25.1 Å². The van der Waals surface area contributed by atoms with Gasteiger partial charge in [-0.2, -0.15) is 0 Å². The Hall–Kier alpha value is -2.36. The Labute approximate surface area is 220 Å². The van der Waals surface area contributed by atoms with Gasteiger partial charge in [-0.25, -0.2) is 4.57 Å². The number of hydrogen-bond donors (Lipinski definition) is 1. The molecule has 0 aliphatic carbocycles. The second-order valence-electron chi connectivity index (χ2n) is 11.1. The van der Waals surface area contributed by atoms with Crippen molar-refractivity contribution in [2.45, 2.75) is 124 Å². The third-order valence-electron chi connectivity index (χ3n) is 6.70. The van der Waals surface area contributed by atoms with E-state index < -0.39 is 0 Å². The topological polar surface area (TPSA) is 42.2 Å². The first kappa shape index (κ1) is 29.9. The number of hydrogen-bond acceptors (Lipinski definition) is 2. The predicted molar refractivity (Wildman–Crippen MR) is 151 cm³/mol. The van der Waals surface area contributed by atoms with Gasteiger partial charge >= 0.3 is 0 Å². The van der Waals surface area contributed by atoms with E-state index in [4.69, 9.17) is 4.74 Å². The summed E-state index contributed by atoms with van der Waals surface area (Å²) in [4.78, 5) is 12.6. The highest BCUT2D eigenvalue weighted by Crippen LogP contribution is 2.32. The van der Waals surface area contributed by atoms with Crippen LogP contribution < -0.4 is 14.6 Å². The molecule has 0 radical (unpaired) electrons. The lowest BCUT2D eigenvalue weighted by atomic mass is 9.85. The van der Waals surface area contributed by atoms with Gasteiger partial charge in [0.15, 0.2) is 12.4 Å². The molecule has 0 aliphatic heterocycles. The van der Waals surface area contributed by atoms with Crippen LogP contribution in [0, 0.1) is 0 Å². The number of rotatable bonds is 17. The summed E-state index contributed by atoms with van der Waals surface area (Å²) >= 11 is 0. The average Bonchev–Trinajstić information content (AvgIpc) is 2.86. The van der Waals surface area contributed by atoms with Crippen LogP contribution in [-0.4, -0.2) is 12.5 Å². The van der Waals surface area contributed by atoms with E-state index in [9.17, 15) is 4.79 Å². The second-order valence-corrected chi connectivity index (χ2v) is 11.1. The van der Waals surface area contributed by atoms with Gasteiger partial charge in [0.1, 0.15) is 12.3 Å². The van der Waals surface area contributed by atoms with Crippen LogP contribution in [0.3, 0.4) is 0 Å². The van der Waals surface area contributed by atoms with Gasteiger partial charge in [-0.15, -0.1) is 0 Å². The number of pyridine rings is 1. The van der Waals surface area contributed by atoms with Crippen molar-refractivity contribution in [3.8, 4) is 5.75 Å². The Balaban J connectivity index is 1.79. The van der Waals surface area contributed by atoms with Gasteiger partial charge in [-0.3, -0.25) is 4.79 Å². The van der Waals surface area contributed by atoms with Crippen LogP contribution in [0.15, 0.2) is 42.7 Å². The Bertz CT molecular complexity index is 884. The minimum Gasteiger partial charge on any atom is -0.493 e. The fourth-order valence-corrected chi connectivity index (χ4v) is 4.47. The zero-order valence-corrected chi connectivity index (χ0v) is 23.7. The van der Waals surface area contributed by atoms with Crippen LogP contribution in [0.25, 0.3) is 0 Å². The van der Waals surface area contributed by atoms with E-state index in [2.05, 4.69) is 62.7 Å². The highest BCUT2D eigenvalue weighted by atomic mass is 16.5. The quantitative estimate of drug-likeness (QED) is 0.179. The molecule has 0 bridgehead atoms. The molecule has 0 atom stereocenters. The van der Waals surface area contributed by atoms with Crippen LogP contribution in [0.2, 0.25) is 0 Å². The van der Waals surface area contributed by atoms with Crippen molar-refractivity contribution >= 4 is 5.91 Å². The van der Waals surface area contributed by atoms with Gasteiger partial charge in [-0.05, 0) is 35.1 Å². The lowest BCUT2D eigenvalue weighted by Gasteiger charge is -2.24. The molecule has 4 heteroatoms. The molecule has 200 valence electrons. The van der Waals surface area contributed by atoms with Gasteiger partial charge < -0.3 is 10.1 Å². The van der Waals surface area contributed by atoms with Crippen molar-refractivity contribution in [2.24, 2.45) is 0 Å². The highest BCUT2D eigenvalue weighted by molar-refractivity contribution is 5.93. The standard InChI is InChI=1S/C32H50N2O2/c1-6-8-9-10-11-12-13-14-15-16-24-36-30-18-17-27(25-29(30)32(3,4)5)26-33-31(35)28-19-22-34(21-7-2)23-20-28/h17-20,22-23,25H,6-16,21,24,26H2,1-5H3/p+1. The van der Waals surface area contributed by atoms with E-state index in [0.717, 1.165) is 37.3 Å². The number of amides is 1. The smallest absolute Gasteiger partial charge is 0.252 e. The molecular formula is C32H51N2O2+. The maximum atomic E-state index is 12.6. The predicted octanol–water partition coefficient (Wildman–Crippen LogP) is 7.91. The first-order valence-electron chi connectivity index (χ1n) is 14.4. The van der Waals surface area contributed by atoms with Crippen molar-refractivity contribution in [2.75, 3.05) is 6.61 Å². The number of aromatic nitrogens is 1. The molecule has 2 rings (SSSR count). The van der Waals surface area contributed by atoms with Crippen LogP contribution in [-0.2, 0) is 18.5 Å². The highest BCUT2D eigenvalue weighted by Gasteiger charge is 2.20. The fourth-order valence-electron chi connectivity index (χ4n) is 4.47.